The monoisotopic (exact) mass is 475 g/mol. The predicted octanol–water partition coefficient (Wildman–Crippen LogP) is 4.33. The number of rotatable bonds is 4. The molecule has 2 N–H and O–H groups in total. The van der Waals surface area contributed by atoms with E-state index in [-0.39, 0.29) is 36.4 Å². The molecule has 6 nitrogen and oxygen atoms in total. The molecule has 2 aliphatic heterocycles. The van der Waals surface area contributed by atoms with Crippen LogP contribution in [0, 0.1) is 5.92 Å². The van der Waals surface area contributed by atoms with Crippen molar-refractivity contribution in [3.8, 4) is 5.75 Å². The first kappa shape index (κ1) is 22.6. The molecule has 1 fully saturated rings. The molecule has 4 rings (SSSR count). The molecule has 2 aromatic carbocycles. The zero-order valence-electron chi connectivity index (χ0n) is 16.9. The Morgan fingerprint density at radius 3 is 2.70 bits per heavy atom. The number of benzene rings is 2. The van der Waals surface area contributed by atoms with Gasteiger partial charge in [0.25, 0.3) is 0 Å². The minimum atomic E-state index is -4.83. The van der Waals surface area contributed by atoms with Crippen LogP contribution in [-0.4, -0.2) is 30.6 Å². The number of allylic oxidation sites excluding steroid dienone is 1. The van der Waals surface area contributed by atoms with Gasteiger partial charge in [0, 0.05) is 23.6 Å². The summed E-state index contributed by atoms with van der Waals surface area (Å²) >= 11 is 6.25. The summed E-state index contributed by atoms with van der Waals surface area (Å²) in [6, 6.07) is 12.5. The molecule has 0 aliphatic carbocycles. The van der Waals surface area contributed by atoms with Gasteiger partial charge in [0.15, 0.2) is 0 Å². The molecule has 0 radical (unpaired) electrons. The van der Waals surface area contributed by atoms with Crippen molar-refractivity contribution in [2.45, 2.75) is 12.8 Å². The summed E-state index contributed by atoms with van der Waals surface area (Å²) in [4.78, 5) is 28.4. The molecule has 0 saturated carbocycles. The zero-order chi connectivity index (χ0) is 23.6. The van der Waals surface area contributed by atoms with Crippen LogP contribution in [0.5, 0.6) is 5.75 Å². The van der Waals surface area contributed by atoms with E-state index >= 15 is 0 Å². The van der Waals surface area contributed by atoms with Crippen LogP contribution >= 0.6 is 11.6 Å². The number of carbonyl (C=O) groups is 2. The Morgan fingerprint density at radius 2 is 2.00 bits per heavy atom. The molecule has 170 valence electrons. The Bertz CT molecular complexity index is 1200. The summed E-state index contributed by atoms with van der Waals surface area (Å²) in [6.07, 6.45) is -1.53. The first-order chi connectivity index (χ1) is 15.7. The van der Waals surface area contributed by atoms with E-state index in [0.29, 0.717) is 27.4 Å². The molecule has 2 amide bonds. The van der Waals surface area contributed by atoms with E-state index in [4.69, 9.17) is 11.6 Å². The highest BCUT2D eigenvalue weighted by Gasteiger charge is 2.32. The number of ether oxygens (including phenoxy) is 1. The van der Waals surface area contributed by atoms with Crippen molar-refractivity contribution in [3.05, 3.63) is 76.5 Å². The highest BCUT2D eigenvalue weighted by Crippen LogP contribution is 2.34. The summed E-state index contributed by atoms with van der Waals surface area (Å²) < 4.78 is 42.1. The van der Waals surface area contributed by atoms with E-state index in [1.807, 2.05) is 0 Å². The number of alkyl halides is 3. The second-order valence-corrected chi connectivity index (χ2v) is 7.78. The smallest absolute Gasteiger partial charge is 0.406 e. The maximum atomic E-state index is 12.7. The maximum Gasteiger partial charge on any atom is 0.573 e. The third kappa shape index (κ3) is 5.61. The summed E-state index contributed by atoms with van der Waals surface area (Å²) in [7, 11) is 0. The molecule has 0 aromatic heterocycles. The number of carbonyl (C=O) groups excluding carboxylic acids is 2. The summed E-state index contributed by atoms with van der Waals surface area (Å²) in [5.74, 6) is -1.30. The zero-order valence-corrected chi connectivity index (χ0v) is 17.7. The van der Waals surface area contributed by atoms with Crippen LogP contribution in [0.2, 0.25) is 5.02 Å². The van der Waals surface area contributed by atoms with Crippen molar-refractivity contribution >= 4 is 40.9 Å². The molecule has 2 aliphatic rings. The lowest BCUT2D eigenvalue weighted by molar-refractivity contribution is -0.274. The Balaban J connectivity index is 1.67. The topological polar surface area (TPSA) is 79.8 Å². The number of aliphatic imine (C=N–C) groups is 1. The summed E-state index contributed by atoms with van der Waals surface area (Å²) in [5.41, 5.74) is 1.91. The van der Waals surface area contributed by atoms with Gasteiger partial charge >= 0.3 is 6.36 Å². The first-order valence-electron chi connectivity index (χ1n) is 9.89. The van der Waals surface area contributed by atoms with Crippen molar-refractivity contribution in [1.29, 1.82) is 0 Å². The average molecular weight is 476 g/mol. The minimum Gasteiger partial charge on any atom is -0.406 e. The molecule has 2 heterocycles. The number of hydrogen-bond donors (Lipinski definition) is 2. The fraction of sp³-hybridized carbons (Fsp3) is 0.174. The predicted molar refractivity (Wildman–Crippen MR) is 117 cm³/mol. The van der Waals surface area contributed by atoms with Gasteiger partial charge < -0.3 is 15.4 Å². The van der Waals surface area contributed by atoms with Crippen LogP contribution < -0.4 is 15.4 Å². The largest absolute Gasteiger partial charge is 0.573 e. The van der Waals surface area contributed by atoms with Crippen molar-refractivity contribution in [3.63, 3.8) is 0 Å². The molecular weight excluding hydrogens is 459 g/mol. The van der Waals surface area contributed by atoms with E-state index in [1.165, 1.54) is 18.2 Å². The minimum absolute atomic E-state index is 0.0782. The van der Waals surface area contributed by atoms with E-state index in [9.17, 15) is 22.8 Å². The maximum absolute atomic E-state index is 12.7. The summed E-state index contributed by atoms with van der Waals surface area (Å²) in [6.45, 7) is 0.230. The lowest BCUT2D eigenvalue weighted by Gasteiger charge is -2.11. The van der Waals surface area contributed by atoms with Crippen LogP contribution in [0.4, 0.5) is 13.2 Å². The van der Waals surface area contributed by atoms with Gasteiger partial charge in [0.1, 0.15) is 11.6 Å². The SMILES string of the molecule is O=C1C[C@@H](C(=O)NC2=NC(=Cc3ccccc3Cl)C(c3cccc(OC(F)(F)F)c3)=C2)CN1. The molecule has 33 heavy (non-hydrogen) atoms. The second-order valence-electron chi connectivity index (χ2n) is 7.38. The van der Waals surface area contributed by atoms with Crippen LogP contribution in [-0.2, 0) is 9.59 Å². The Morgan fingerprint density at radius 1 is 1.21 bits per heavy atom. The lowest BCUT2D eigenvalue weighted by atomic mass is 10.0. The van der Waals surface area contributed by atoms with Gasteiger partial charge in [-0.3, -0.25) is 9.59 Å². The number of nitrogens with zero attached hydrogens (tertiary/aromatic N) is 1. The number of halogens is 4. The first-order valence-corrected chi connectivity index (χ1v) is 10.3. The Kier molecular flexibility index (Phi) is 6.24. The molecule has 1 saturated heterocycles. The van der Waals surface area contributed by atoms with E-state index in [0.717, 1.165) is 0 Å². The third-order valence-electron chi connectivity index (χ3n) is 4.97. The van der Waals surface area contributed by atoms with Gasteiger partial charge in [0.05, 0.1) is 11.6 Å². The van der Waals surface area contributed by atoms with Gasteiger partial charge in [-0.2, -0.15) is 0 Å². The molecule has 2 aromatic rings. The van der Waals surface area contributed by atoms with Gasteiger partial charge in [0.2, 0.25) is 11.8 Å². The highest BCUT2D eigenvalue weighted by molar-refractivity contribution is 6.32. The normalized spacial score (nSPS) is 19.2. The Hall–Kier alpha value is -3.59. The summed E-state index contributed by atoms with van der Waals surface area (Å²) in [5, 5.41) is 5.74. The molecule has 0 unspecified atom stereocenters. The number of amides is 2. The van der Waals surface area contributed by atoms with Crippen LogP contribution in [0.15, 0.2) is 65.3 Å². The number of nitrogens with one attached hydrogen (secondary N) is 2. The fourth-order valence-corrected chi connectivity index (χ4v) is 3.65. The van der Waals surface area contributed by atoms with Crippen molar-refractivity contribution in [1.82, 2.24) is 10.6 Å². The number of amidine groups is 1. The lowest BCUT2D eigenvalue weighted by Crippen LogP contribution is -2.35. The second kappa shape index (κ2) is 9.11. The third-order valence-corrected chi connectivity index (χ3v) is 5.32. The Labute approximate surface area is 191 Å². The van der Waals surface area contributed by atoms with E-state index < -0.39 is 12.3 Å². The number of hydrogen-bond acceptors (Lipinski definition) is 4. The quantitative estimate of drug-likeness (QED) is 0.691. The van der Waals surface area contributed by atoms with Crippen molar-refractivity contribution in [2.24, 2.45) is 10.9 Å². The molecular formula is C23H17ClF3N3O3. The van der Waals surface area contributed by atoms with E-state index in [1.54, 1.807) is 42.5 Å². The highest BCUT2D eigenvalue weighted by atomic mass is 35.5. The van der Waals surface area contributed by atoms with Gasteiger partial charge in [-0.05, 0) is 41.5 Å². The van der Waals surface area contributed by atoms with Crippen LogP contribution in [0.25, 0.3) is 11.6 Å². The molecule has 0 spiro atoms. The van der Waals surface area contributed by atoms with E-state index in [2.05, 4.69) is 20.4 Å². The van der Waals surface area contributed by atoms with Crippen molar-refractivity contribution < 1.29 is 27.5 Å². The van der Waals surface area contributed by atoms with Crippen LogP contribution in [0.1, 0.15) is 17.5 Å². The van der Waals surface area contributed by atoms with Gasteiger partial charge in [-0.25, -0.2) is 4.99 Å². The standard InChI is InChI=1S/C23H17ClF3N3O3/c24-18-7-2-1-4-14(18)9-19-17(13-5-3-6-16(8-13)33-23(25,26)27)11-20(29-19)30-22(32)15-10-21(31)28-12-15/h1-9,11,15H,10,12H2,(H,28,31)(H,29,30,32)/t15-/m1/s1. The molecule has 10 heteroatoms. The molecule has 0 bridgehead atoms. The van der Waals surface area contributed by atoms with Crippen molar-refractivity contribution in [2.75, 3.05) is 6.54 Å². The fourth-order valence-electron chi connectivity index (χ4n) is 3.46. The van der Waals surface area contributed by atoms with Crippen LogP contribution in [0.3, 0.4) is 0 Å². The molecule has 1 atom stereocenters. The van der Waals surface area contributed by atoms with Gasteiger partial charge in [-0.1, -0.05) is 41.9 Å². The average Bonchev–Trinajstić information content (AvgIpc) is 3.35. The van der Waals surface area contributed by atoms with Gasteiger partial charge in [-0.15, -0.1) is 13.2 Å².